The van der Waals surface area contributed by atoms with Gasteiger partial charge in [-0.3, -0.25) is 4.79 Å². The van der Waals surface area contributed by atoms with Gasteiger partial charge in [0.05, 0.1) is 4.47 Å². The smallest absolute Gasteiger partial charge is 0.253 e. The van der Waals surface area contributed by atoms with Gasteiger partial charge in [-0.05, 0) is 41.1 Å². The molecule has 1 aromatic rings. The summed E-state index contributed by atoms with van der Waals surface area (Å²) >= 11 is 3.05. The Balaban J connectivity index is 2.88. The predicted molar refractivity (Wildman–Crippen MR) is 65.9 cm³/mol. The molecule has 1 aromatic carbocycles. The van der Waals surface area contributed by atoms with Gasteiger partial charge in [-0.25, -0.2) is 4.39 Å². The Morgan fingerprint density at radius 2 is 2.19 bits per heavy atom. The maximum absolute atomic E-state index is 13.0. The number of carbonyl (C=O) groups is 1. The fourth-order valence-corrected chi connectivity index (χ4v) is 1.71. The van der Waals surface area contributed by atoms with Crippen LogP contribution in [0.2, 0.25) is 0 Å². The van der Waals surface area contributed by atoms with E-state index in [2.05, 4.69) is 22.5 Å². The molecule has 0 fully saturated rings. The monoisotopic (exact) mass is 285 g/mol. The number of carbonyl (C=O) groups excluding carboxylic acids is 1. The Morgan fingerprint density at radius 1 is 1.56 bits per heavy atom. The molecule has 2 nitrogen and oxygen atoms in total. The van der Waals surface area contributed by atoms with Crippen LogP contribution in [-0.2, 0) is 0 Å². The Kier molecular flexibility index (Phi) is 4.24. The normalized spacial score (nSPS) is 10.0. The van der Waals surface area contributed by atoms with Crippen LogP contribution in [0.4, 0.5) is 4.39 Å². The summed E-state index contributed by atoms with van der Waals surface area (Å²) in [5, 5.41) is 0. The number of amides is 1. The van der Waals surface area contributed by atoms with Crippen molar-refractivity contribution in [1.29, 1.82) is 0 Å². The molecule has 1 amide bonds. The maximum Gasteiger partial charge on any atom is 0.253 e. The van der Waals surface area contributed by atoms with E-state index in [4.69, 9.17) is 0 Å². The molecule has 0 saturated heterocycles. The standard InChI is InChI=1S/C12H13BrFNO/c1-8(2)7-15(3)12(16)9-4-5-11(14)10(13)6-9/h4-6H,1,7H2,2-3H3. The SMILES string of the molecule is C=C(C)CN(C)C(=O)c1ccc(F)c(Br)c1. The van der Waals surface area contributed by atoms with Crippen LogP contribution in [0.5, 0.6) is 0 Å². The number of rotatable bonds is 3. The fourth-order valence-electron chi connectivity index (χ4n) is 1.33. The van der Waals surface area contributed by atoms with Crippen molar-refractivity contribution in [2.24, 2.45) is 0 Å². The van der Waals surface area contributed by atoms with Crippen molar-refractivity contribution >= 4 is 21.8 Å². The van der Waals surface area contributed by atoms with E-state index in [-0.39, 0.29) is 11.7 Å². The van der Waals surface area contributed by atoms with E-state index in [0.717, 1.165) is 5.57 Å². The second kappa shape index (κ2) is 5.25. The fraction of sp³-hybridized carbons (Fsp3) is 0.250. The highest BCUT2D eigenvalue weighted by atomic mass is 79.9. The first-order valence-electron chi connectivity index (χ1n) is 4.76. The summed E-state index contributed by atoms with van der Waals surface area (Å²) in [4.78, 5) is 13.4. The van der Waals surface area contributed by atoms with Crippen LogP contribution >= 0.6 is 15.9 Å². The van der Waals surface area contributed by atoms with Crippen LogP contribution in [-0.4, -0.2) is 24.4 Å². The van der Waals surface area contributed by atoms with Crippen molar-refractivity contribution in [3.05, 3.63) is 46.2 Å². The minimum absolute atomic E-state index is 0.149. The van der Waals surface area contributed by atoms with Gasteiger partial charge < -0.3 is 4.90 Å². The molecule has 0 spiro atoms. The number of nitrogens with zero attached hydrogens (tertiary/aromatic N) is 1. The summed E-state index contributed by atoms with van der Waals surface area (Å²) < 4.78 is 13.3. The molecular weight excluding hydrogens is 273 g/mol. The number of likely N-dealkylation sites (N-methyl/N-ethyl adjacent to an activating group) is 1. The number of halogens is 2. The Morgan fingerprint density at radius 3 is 2.69 bits per heavy atom. The first-order chi connectivity index (χ1) is 7.41. The lowest BCUT2D eigenvalue weighted by atomic mass is 10.2. The van der Waals surface area contributed by atoms with E-state index in [1.807, 2.05) is 6.92 Å². The minimum atomic E-state index is -0.376. The van der Waals surface area contributed by atoms with Gasteiger partial charge in [-0.15, -0.1) is 0 Å². The Labute approximate surface area is 103 Å². The van der Waals surface area contributed by atoms with E-state index in [1.165, 1.54) is 18.2 Å². The van der Waals surface area contributed by atoms with Crippen molar-refractivity contribution in [3.8, 4) is 0 Å². The lowest BCUT2D eigenvalue weighted by molar-refractivity contribution is 0.0807. The summed E-state index contributed by atoms with van der Waals surface area (Å²) in [6.45, 7) is 6.09. The maximum atomic E-state index is 13.0. The van der Waals surface area contributed by atoms with E-state index in [9.17, 15) is 9.18 Å². The van der Waals surface area contributed by atoms with Crippen LogP contribution < -0.4 is 0 Å². The average Bonchev–Trinajstić information content (AvgIpc) is 2.20. The van der Waals surface area contributed by atoms with Crippen molar-refractivity contribution in [2.45, 2.75) is 6.92 Å². The summed E-state index contributed by atoms with van der Waals surface area (Å²) in [6, 6.07) is 4.22. The quantitative estimate of drug-likeness (QED) is 0.781. The summed E-state index contributed by atoms with van der Waals surface area (Å²) in [6.07, 6.45) is 0. The summed E-state index contributed by atoms with van der Waals surface area (Å²) in [5.41, 5.74) is 1.36. The predicted octanol–water partition coefficient (Wildman–Crippen LogP) is 3.24. The van der Waals surface area contributed by atoms with Crippen LogP contribution in [0.25, 0.3) is 0 Å². The summed E-state index contributed by atoms with van der Waals surface area (Å²) in [5.74, 6) is -0.525. The zero-order valence-corrected chi connectivity index (χ0v) is 10.8. The highest BCUT2D eigenvalue weighted by Gasteiger charge is 2.12. The van der Waals surface area contributed by atoms with Gasteiger partial charge in [-0.1, -0.05) is 12.2 Å². The van der Waals surface area contributed by atoms with Crippen molar-refractivity contribution in [2.75, 3.05) is 13.6 Å². The lowest BCUT2D eigenvalue weighted by Crippen LogP contribution is -2.28. The molecule has 0 N–H and O–H groups in total. The molecule has 16 heavy (non-hydrogen) atoms. The van der Waals surface area contributed by atoms with Crippen LogP contribution in [0.3, 0.4) is 0 Å². The molecule has 0 radical (unpaired) electrons. The molecule has 0 aliphatic heterocycles. The van der Waals surface area contributed by atoms with Gasteiger partial charge >= 0.3 is 0 Å². The van der Waals surface area contributed by atoms with Crippen molar-refractivity contribution in [3.63, 3.8) is 0 Å². The van der Waals surface area contributed by atoms with Gasteiger partial charge in [0.2, 0.25) is 0 Å². The topological polar surface area (TPSA) is 20.3 Å². The molecule has 0 bridgehead atoms. The third-order valence-electron chi connectivity index (χ3n) is 2.02. The van der Waals surface area contributed by atoms with E-state index < -0.39 is 0 Å². The number of hydrogen-bond acceptors (Lipinski definition) is 1. The molecule has 0 aliphatic rings. The number of benzene rings is 1. The van der Waals surface area contributed by atoms with Gasteiger partial charge in [-0.2, -0.15) is 0 Å². The van der Waals surface area contributed by atoms with Gasteiger partial charge in [0.25, 0.3) is 5.91 Å². The van der Waals surface area contributed by atoms with Crippen LogP contribution in [0.15, 0.2) is 34.8 Å². The molecule has 0 aromatic heterocycles. The Hall–Kier alpha value is -1.16. The van der Waals surface area contributed by atoms with Gasteiger partial charge in [0, 0.05) is 19.2 Å². The van der Waals surface area contributed by atoms with Gasteiger partial charge in [0.15, 0.2) is 0 Å². The molecule has 1 rings (SSSR count). The molecular formula is C12H13BrFNO. The highest BCUT2D eigenvalue weighted by Crippen LogP contribution is 2.17. The second-order valence-corrected chi connectivity index (χ2v) is 4.60. The molecule has 4 heteroatoms. The zero-order valence-electron chi connectivity index (χ0n) is 9.26. The van der Waals surface area contributed by atoms with E-state index in [1.54, 1.807) is 11.9 Å². The van der Waals surface area contributed by atoms with Crippen molar-refractivity contribution in [1.82, 2.24) is 4.90 Å². The first-order valence-corrected chi connectivity index (χ1v) is 5.56. The van der Waals surface area contributed by atoms with Crippen LogP contribution in [0, 0.1) is 5.82 Å². The third kappa shape index (κ3) is 3.17. The van der Waals surface area contributed by atoms with Gasteiger partial charge in [0.1, 0.15) is 5.82 Å². The molecule has 0 heterocycles. The summed E-state index contributed by atoms with van der Waals surface area (Å²) in [7, 11) is 1.69. The van der Waals surface area contributed by atoms with Crippen LogP contribution in [0.1, 0.15) is 17.3 Å². The zero-order chi connectivity index (χ0) is 12.3. The molecule has 0 saturated carbocycles. The van der Waals surface area contributed by atoms with Crippen molar-refractivity contribution < 1.29 is 9.18 Å². The third-order valence-corrected chi connectivity index (χ3v) is 2.63. The molecule has 0 atom stereocenters. The first kappa shape index (κ1) is 12.9. The lowest BCUT2D eigenvalue weighted by Gasteiger charge is -2.17. The molecule has 0 aliphatic carbocycles. The average molecular weight is 286 g/mol. The minimum Gasteiger partial charge on any atom is -0.338 e. The Bertz CT molecular complexity index is 431. The molecule has 86 valence electrons. The number of hydrogen-bond donors (Lipinski definition) is 0. The van der Waals surface area contributed by atoms with E-state index in [0.29, 0.717) is 16.6 Å². The second-order valence-electron chi connectivity index (χ2n) is 3.75. The van der Waals surface area contributed by atoms with E-state index >= 15 is 0 Å². The highest BCUT2D eigenvalue weighted by molar-refractivity contribution is 9.10. The molecule has 0 unspecified atom stereocenters. The largest absolute Gasteiger partial charge is 0.338 e.